The zero-order chi connectivity index (χ0) is 9.71. The first-order valence-electron chi connectivity index (χ1n) is 5.01. The molecule has 0 fully saturated rings. The van der Waals surface area contributed by atoms with Crippen molar-refractivity contribution < 1.29 is 0 Å². The number of aromatic nitrogens is 1. The van der Waals surface area contributed by atoms with E-state index < -0.39 is 0 Å². The van der Waals surface area contributed by atoms with E-state index in [1.54, 1.807) is 6.07 Å². The van der Waals surface area contributed by atoms with Crippen molar-refractivity contribution in [1.82, 2.24) is 9.88 Å². The second-order valence-electron chi connectivity index (χ2n) is 3.95. The van der Waals surface area contributed by atoms with Gasteiger partial charge in [0.1, 0.15) is 5.82 Å². The van der Waals surface area contributed by atoms with Crippen molar-refractivity contribution in [1.29, 1.82) is 0 Å². The molecule has 1 unspecified atom stereocenters. The lowest BCUT2D eigenvalue weighted by atomic mass is 10.1. The first-order chi connectivity index (χ1) is 6.77. The minimum Gasteiger partial charge on any atom is -0.369 e. The summed E-state index contributed by atoms with van der Waals surface area (Å²) < 4.78 is 1.84. The molecular weight excluding hydrogens is 178 g/mol. The molecule has 1 aromatic rings. The molecule has 1 aromatic heterocycles. The molecule has 0 radical (unpaired) electrons. The van der Waals surface area contributed by atoms with Crippen LogP contribution in [0.1, 0.15) is 24.1 Å². The summed E-state index contributed by atoms with van der Waals surface area (Å²) in [5, 5.41) is 6.64. The van der Waals surface area contributed by atoms with Crippen molar-refractivity contribution in [2.75, 3.05) is 11.9 Å². The van der Waals surface area contributed by atoms with Crippen LogP contribution in [0.3, 0.4) is 0 Å². The van der Waals surface area contributed by atoms with E-state index in [4.69, 9.17) is 0 Å². The third-order valence-corrected chi connectivity index (χ3v) is 3.09. The number of fused-ring (bicyclic) bond motifs is 3. The van der Waals surface area contributed by atoms with Crippen molar-refractivity contribution >= 4 is 5.82 Å². The molecule has 0 spiro atoms. The summed E-state index contributed by atoms with van der Waals surface area (Å²) in [5.41, 5.74) is 2.56. The maximum atomic E-state index is 11.7. The van der Waals surface area contributed by atoms with Gasteiger partial charge in [-0.1, -0.05) is 0 Å². The average molecular weight is 191 g/mol. The highest BCUT2D eigenvalue weighted by molar-refractivity contribution is 5.54. The lowest BCUT2D eigenvalue weighted by molar-refractivity contribution is 0.632. The summed E-state index contributed by atoms with van der Waals surface area (Å²) in [6, 6.07) is 2.12. The Hall–Kier alpha value is -1.29. The lowest BCUT2D eigenvalue weighted by Crippen LogP contribution is -2.18. The molecule has 0 saturated carbocycles. The molecule has 74 valence electrons. The molecule has 0 saturated heterocycles. The van der Waals surface area contributed by atoms with Gasteiger partial charge in [0.25, 0.3) is 5.56 Å². The van der Waals surface area contributed by atoms with E-state index in [1.165, 1.54) is 5.56 Å². The zero-order valence-corrected chi connectivity index (χ0v) is 8.13. The van der Waals surface area contributed by atoms with Crippen LogP contribution in [0.25, 0.3) is 0 Å². The van der Waals surface area contributed by atoms with Gasteiger partial charge >= 0.3 is 0 Å². The van der Waals surface area contributed by atoms with E-state index >= 15 is 0 Å². The van der Waals surface area contributed by atoms with Crippen molar-refractivity contribution in [2.24, 2.45) is 0 Å². The monoisotopic (exact) mass is 191 g/mol. The minimum absolute atomic E-state index is 0.125. The molecule has 2 aliphatic heterocycles. The van der Waals surface area contributed by atoms with Crippen LogP contribution in [0.2, 0.25) is 0 Å². The number of rotatable bonds is 0. The summed E-state index contributed by atoms with van der Waals surface area (Å²) >= 11 is 0. The number of hydrogen-bond acceptors (Lipinski definition) is 3. The van der Waals surface area contributed by atoms with E-state index in [0.717, 1.165) is 31.0 Å². The number of anilines is 1. The quantitative estimate of drug-likeness (QED) is 0.625. The second kappa shape index (κ2) is 2.60. The van der Waals surface area contributed by atoms with Crippen LogP contribution < -0.4 is 16.2 Å². The Bertz CT molecular complexity index is 449. The molecule has 4 nitrogen and oxygen atoms in total. The number of nitrogens with one attached hydrogen (secondary N) is 2. The summed E-state index contributed by atoms with van der Waals surface area (Å²) in [6.45, 7) is 4.63. The van der Waals surface area contributed by atoms with Gasteiger partial charge in [-0.25, -0.2) is 0 Å². The fraction of sp³-hybridized carbons (Fsp3) is 0.500. The molecule has 0 aliphatic carbocycles. The fourth-order valence-corrected chi connectivity index (χ4v) is 2.41. The van der Waals surface area contributed by atoms with Crippen LogP contribution in [0.4, 0.5) is 5.82 Å². The van der Waals surface area contributed by atoms with Gasteiger partial charge in [0, 0.05) is 37.3 Å². The van der Waals surface area contributed by atoms with Crippen LogP contribution in [-0.4, -0.2) is 11.1 Å². The summed E-state index contributed by atoms with van der Waals surface area (Å²) in [4.78, 5) is 11.7. The average Bonchev–Trinajstić information content (AvgIpc) is 2.72. The maximum Gasteiger partial charge on any atom is 0.252 e. The Labute approximate surface area is 81.9 Å². The summed E-state index contributed by atoms with van der Waals surface area (Å²) in [5.74, 6) is 1.03. The van der Waals surface area contributed by atoms with E-state index in [-0.39, 0.29) is 5.56 Å². The molecule has 0 bridgehead atoms. The molecule has 0 aromatic carbocycles. The molecule has 1 atom stereocenters. The Kier molecular flexibility index (Phi) is 1.50. The van der Waals surface area contributed by atoms with Crippen molar-refractivity contribution in [3.63, 3.8) is 0 Å². The van der Waals surface area contributed by atoms with Crippen molar-refractivity contribution in [3.05, 3.63) is 27.5 Å². The molecule has 3 heterocycles. The third-order valence-electron chi connectivity index (χ3n) is 3.09. The Morgan fingerprint density at radius 2 is 2.43 bits per heavy atom. The highest BCUT2D eigenvalue weighted by atomic mass is 16.1. The Balaban J connectivity index is 2.33. The third kappa shape index (κ3) is 0.889. The van der Waals surface area contributed by atoms with Gasteiger partial charge < -0.3 is 10.6 Å². The predicted octanol–water partition coefficient (Wildman–Crippen LogP) is 0.438. The molecule has 14 heavy (non-hydrogen) atoms. The van der Waals surface area contributed by atoms with Gasteiger partial charge in [-0.05, 0) is 12.5 Å². The topological polar surface area (TPSA) is 46.1 Å². The normalized spacial score (nSPS) is 23.1. The molecular formula is C10H13N3O. The lowest BCUT2D eigenvalue weighted by Gasteiger charge is -2.11. The van der Waals surface area contributed by atoms with Crippen LogP contribution in [0.5, 0.6) is 0 Å². The molecule has 2 aliphatic rings. The van der Waals surface area contributed by atoms with Gasteiger partial charge in [-0.15, -0.1) is 0 Å². The van der Waals surface area contributed by atoms with Crippen molar-refractivity contribution in [2.45, 2.75) is 26.1 Å². The SMILES string of the molecule is CC1NCc2cc(=O)n3c(c21)NCC3. The highest BCUT2D eigenvalue weighted by Gasteiger charge is 2.26. The smallest absolute Gasteiger partial charge is 0.252 e. The highest BCUT2D eigenvalue weighted by Crippen LogP contribution is 2.31. The zero-order valence-electron chi connectivity index (χ0n) is 8.13. The molecule has 4 heteroatoms. The molecule has 2 N–H and O–H groups in total. The standard InChI is InChI=1S/C10H13N3O/c1-6-9-7(5-12-6)4-8(14)13-3-2-11-10(9)13/h4,6,11-12H,2-3,5H2,1H3. The van der Waals surface area contributed by atoms with Gasteiger partial charge in [-0.2, -0.15) is 0 Å². The van der Waals surface area contributed by atoms with Crippen LogP contribution in [0, 0.1) is 0 Å². The molecule has 0 amide bonds. The summed E-state index contributed by atoms with van der Waals surface area (Å²) in [6.07, 6.45) is 0. The molecule has 3 rings (SSSR count). The van der Waals surface area contributed by atoms with E-state index in [0.29, 0.717) is 6.04 Å². The summed E-state index contributed by atoms with van der Waals surface area (Å²) in [7, 11) is 0. The van der Waals surface area contributed by atoms with E-state index in [2.05, 4.69) is 17.6 Å². The fourth-order valence-electron chi connectivity index (χ4n) is 2.41. The number of hydrogen-bond donors (Lipinski definition) is 2. The van der Waals surface area contributed by atoms with Crippen LogP contribution >= 0.6 is 0 Å². The van der Waals surface area contributed by atoms with Crippen LogP contribution in [-0.2, 0) is 13.1 Å². The Morgan fingerprint density at radius 1 is 1.57 bits per heavy atom. The van der Waals surface area contributed by atoms with Gasteiger partial charge in [-0.3, -0.25) is 9.36 Å². The van der Waals surface area contributed by atoms with Crippen LogP contribution in [0.15, 0.2) is 10.9 Å². The van der Waals surface area contributed by atoms with E-state index in [1.807, 2.05) is 4.57 Å². The predicted molar refractivity (Wildman–Crippen MR) is 54.4 cm³/mol. The number of nitrogens with zero attached hydrogens (tertiary/aromatic N) is 1. The van der Waals surface area contributed by atoms with Crippen molar-refractivity contribution in [3.8, 4) is 0 Å². The Morgan fingerprint density at radius 3 is 3.29 bits per heavy atom. The minimum atomic E-state index is 0.125. The maximum absolute atomic E-state index is 11.7. The number of pyridine rings is 1. The first kappa shape index (κ1) is 8.05. The van der Waals surface area contributed by atoms with Gasteiger partial charge in [0.15, 0.2) is 0 Å². The second-order valence-corrected chi connectivity index (χ2v) is 3.95. The van der Waals surface area contributed by atoms with Gasteiger partial charge in [0.05, 0.1) is 0 Å². The van der Waals surface area contributed by atoms with E-state index in [9.17, 15) is 4.79 Å². The largest absolute Gasteiger partial charge is 0.369 e. The van der Waals surface area contributed by atoms with Gasteiger partial charge in [0.2, 0.25) is 0 Å². The first-order valence-corrected chi connectivity index (χ1v) is 5.01.